The number of aromatic hydroxyl groups is 1. The fourth-order valence-electron chi connectivity index (χ4n) is 3.34. The van der Waals surface area contributed by atoms with Crippen LogP contribution in [0.25, 0.3) is 0 Å². The SMILES string of the molecule is CCCCn1c(O)c(C2=NN(C(=O)CC)[C@@H](c3ccc(Br)cc3)C2)c(=O)[nH]c1=O. The number of carbonyl (C=O) groups excluding carboxylic acids is 1. The highest BCUT2D eigenvalue weighted by Gasteiger charge is 2.35. The van der Waals surface area contributed by atoms with Gasteiger partial charge in [-0.05, 0) is 24.1 Å². The van der Waals surface area contributed by atoms with Gasteiger partial charge in [-0.15, -0.1) is 0 Å². The van der Waals surface area contributed by atoms with Crippen LogP contribution in [0, 0.1) is 0 Å². The van der Waals surface area contributed by atoms with Crippen LogP contribution in [0.5, 0.6) is 5.88 Å². The molecule has 1 amide bonds. The first kappa shape index (κ1) is 21.0. The van der Waals surface area contributed by atoms with Gasteiger partial charge in [0, 0.05) is 23.9 Å². The van der Waals surface area contributed by atoms with Crippen molar-refractivity contribution in [3.8, 4) is 5.88 Å². The number of rotatable bonds is 6. The standard InChI is InChI=1S/C20H23BrN4O4/c1-3-5-10-24-19(28)17(18(27)22-20(24)29)14-11-15(25(23-14)16(26)4-2)12-6-8-13(21)9-7-12/h6-9,15,28H,3-5,10-11H2,1-2H3,(H,22,27,29)/t15-/m1/s1. The minimum atomic E-state index is -0.709. The van der Waals surface area contributed by atoms with Crippen LogP contribution >= 0.6 is 15.9 Å². The number of aromatic amines is 1. The van der Waals surface area contributed by atoms with Gasteiger partial charge in [0.2, 0.25) is 11.8 Å². The van der Waals surface area contributed by atoms with Gasteiger partial charge in [0.1, 0.15) is 5.56 Å². The second-order valence-electron chi connectivity index (χ2n) is 6.87. The fourth-order valence-corrected chi connectivity index (χ4v) is 3.61. The number of unbranched alkanes of at least 4 members (excludes halogenated alkanes) is 1. The molecule has 1 aliphatic rings. The molecule has 8 nitrogen and oxygen atoms in total. The average molecular weight is 463 g/mol. The second-order valence-corrected chi connectivity index (χ2v) is 7.79. The number of carbonyl (C=O) groups is 1. The molecule has 0 unspecified atom stereocenters. The lowest BCUT2D eigenvalue weighted by Gasteiger charge is -2.21. The summed E-state index contributed by atoms with van der Waals surface area (Å²) >= 11 is 3.39. The van der Waals surface area contributed by atoms with E-state index in [2.05, 4.69) is 26.0 Å². The van der Waals surface area contributed by atoms with Gasteiger partial charge in [0.05, 0.1) is 11.8 Å². The van der Waals surface area contributed by atoms with Crippen LogP contribution in [0.3, 0.4) is 0 Å². The monoisotopic (exact) mass is 462 g/mol. The molecule has 0 aliphatic carbocycles. The Hall–Kier alpha value is -2.68. The van der Waals surface area contributed by atoms with Crippen LogP contribution < -0.4 is 11.2 Å². The molecule has 1 aromatic heterocycles. The average Bonchev–Trinajstić information content (AvgIpc) is 3.12. The maximum atomic E-state index is 12.5. The Labute approximate surface area is 176 Å². The Morgan fingerprint density at radius 2 is 1.97 bits per heavy atom. The molecule has 29 heavy (non-hydrogen) atoms. The third-order valence-electron chi connectivity index (χ3n) is 4.92. The molecule has 0 spiro atoms. The van der Waals surface area contributed by atoms with E-state index >= 15 is 0 Å². The highest BCUT2D eigenvalue weighted by molar-refractivity contribution is 9.10. The molecule has 2 heterocycles. The van der Waals surface area contributed by atoms with Crippen LogP contribution in [0.4, 0.5) is 0 Å². The van der Waals surface area contributed by atoms with Crippen molar-refractivity contribution in [1.82, 2.24) is 14.6 Å². The predicted molar refractivity (Wildman–Crippen MR) is 113 cm³/mol. The van der Waals surface area contributed by atoms with Crippen molar-refractivity contribution in [2.45, 2.75) is 52.1 Å². The zero-order valence-corrected chi connectivity index (χ0v) is 17.9. The van der Waals surface area contributed by atoms with E-state index in [9.17, 15) is 19.5 Å². The van der Waals surface area contributed by atoms with Crippen molar-refractivity contribution in [2.75, 3.05) is 0 Å². The van der Waals surface area contributed by atoms with Crippen molar-refractivity contribution in [3.05, 3.63) is 60.7 Å². The van der Waals surface area contributed by atoms with Crippen LogP contribution in [-0.2, 0) is 11.3 Å². The van der Waals surface area contributed by atoms with Gasteiger partial charge in [-0.2, -0.15) is 5.10 Å². The highest BCUT2D eigenvalue weighted by Crippen LogP contribution is 2.34. The van der Waals surface area contributed by atoms with Crippen molar-refractivity contribution < 1.29 is 9.90 Å². The first-order chi connectivity index (χ1) is 13.9. The van der Waals surface area contributed by atoms with Crippen LogP contribution in [-0.4, -0.2) is 31.3 Å². The lowest BCUT2D eigenvalue weighted by Crippen LogP contribution is -2.33. The summed E-state index contributed by atoms with van der Waals surface area (Å²) in [4.78, 5) is 39.3. The molecule has 1 atom stereocenters. The van der Waals surface area contributed by atoms with E-state index in [1.165, 1.54) is 5.01 Å². The first-order valence-electron chi connectivity index (χ1n) is 9.58. The van der Waals surface area contributed by atoms with Crippen molar-refractivity contribution in [3.63, 3.8) is 0 Å². The Morgan fingerprint density at radius 3 is 2.59 bits per heavy atom. The number of aromatic nitrogens is 2. The molecular formula is C20H23BrN4O4. The van der Waals surface area contributed by atoms with E-state index in [4.69, 9.17) is 0 Å². The number of H-pyrrole nitrogens is 1. The Bertz CT molecular complexity index is 1060. The molecule has 0 fully saturated rings. The number of benzene rings is 1. The van der Waals surface area contributed by atoms with Gasteiger partial charge in [-0.25, -0.2) is 9.80 Å². The van der Waals surface area contributed by atoms with Crippen LogP contribution in [0.1, 0.15) is 56.7 Å². The smallest absolute Gasteiger partial charge is 0.331 e. The highest BCUT2D eigenvalue weighted by atomic mass is 79.9. The molecule has 1 aliphatic heterocycles. The molecule has 3 rings (SSSR count). The molecule has 0 radical (unpaired) electrons. The molecule has 2 N–H and O–H groups in total. The minimum absolute atomic E-state index is 0.0609. The van der Waals surface area contributed by atoms with E-state index in [1.807, 2.05) is 31.2 Å². The number of halogens is 1. The first-order valence-corrected chi connectivity index (χ1v) is 10.4. The fraction of sp³-hybridized carbons (Fsp3) is 0.400. The zero-order chi connectivity index (χ0) is 21.1. The molecule has 0 saturated heterocycles. The van der Waals surface area contributed by atoms with E-state index in [1.54, 1.807) is 6.92 Å². The summed E-state index contributed by atoms with van der Waals surface area (Å²) in [5.41, 5.74) is -0.282. The van der Waals surface area contributed by atoms with Crippen molar-refractivity contribution in [1.29, 1.82) is 0 Å². The third kappa shape index (κ3) is 4.19. The minimum Gasteiger partial charge on any atom is -0.494 e. The molecule has 2 aromatic rings. The number of hydrogen-bond acceptors (Lipinski definition) is 5. The maximum Gasteiger partial charge on any atom is 0.331 e. The molecule has 9 heteroatoms. The lowest BCUT2D eigenvalue weighted by molar-refractivity contribution is -0.132. The molecular weight excluding hydrogens is 440 g/mol. The normalized spacial score (nSPS) is 16.2. The summed E-state index contributed by atoms with van der Waals surface area (Å²) in [5.74, 6) is -0.602. The summed E-state index contributed by atoms with van der Waals surface area (Å²) < 4.78 is 2.05. The van der Waals surface area contributed by atoms with E-state index in [0.29, 0.717) is 6.42 Å². The summed E-state index contributed by atoms with van der Waals surface area (Å²) in [5, 5.41) is 16.4. The number of amides is 1. The lowest BCUT2D eigenvalue weighted by atomic mass is 9.99. The Balaban J connectivity index is 2.07. The number of hydrazone groups is 1. The largest absolute Gasteiger partial charge is 0.494 e. The van der Waals surface area contributed by atoms with E-state index < -0.39 is 17.1 Å². The quantitative estimate of drug-likeness (QED) is 0.687. The number of nitrogens with one attached hydrogen (secondary N) is 1. The van der Waals surface area contributed by atoms with Crippen molar-refractivity contribution >= 4 is 27.5 Å². The predicted octanol–water partition coefficient (Wildman–Crippen LogP) is 2.89. The topological polar surface area (TPSA) is 108 Å². The summed E-state index contributed by atoms with van der Waals surface area (Å²) in [6, 6.07) is 7.12. The van der Waals surface area contributed by atoms with Crippen LogP contribution in [0.15, 0.2) is 43.4 Å². The molecule has 154 valence electrons. The summed E-state index contributed by atoms with van der Waals surface area (Å²) in [6.07, 6.45) is 2.01. The summed E-state index contributed by atoms with van der Waals surface area (Å²) in [6.45, 7) is 3.99. The molecule has 1 aromatic carbocycles. The van der Waals surface area contributed by atoms with E-state index in [-0.39, 0.29) is 42.6 Å². The van der Waals surface area contributed by atoms with Gasteiger partial charge in [-0.1, -0.05) is 48.3 Å². The van der Waals surface area contributed by atoms with Crippen molar-refractivity contribution in [2.24, 2.45) is 5.10 Å². The van der Waals surface area contributed by atoms with Gasteiger partial charge in [-0.3, -0.25) is 19.1 Å². The second kappa shape index (κ2) is 8.77. The third-order valence-corrected chi connectivity index (χ3v) is 5.45. The Morgan fingerprint density at radius 1 is 1.28 bits per heavy atom. The molecule has 0 bridgehead atoms. The van der Waals surface area contributed by atoms with Gasteiger partial charge in [0.25, 0.3) is 5.56 Å². The molecule has 0 saturated carbocycles. The Kier molecular flexibility index (Phi) is 6.36. The summed E-state index contributed by atoms with van der Waals surface area (Å²) in [7, 11) is 0. The van der Waals surface area contributed by atoms with E-state index in [0.717, 1.165) is 21.0 Å². The maximum absolute atomic E-state index is 12.5. The van der Waals surface area contributed by atoms with Gasteiger partial charge >= 0.3 is 5.69 Å². The van der Waals surface area contributed by atoms with Crippen LogP contribution in [0.2, 0.25) is 0 Å². The zero-order valence-electron chi connectivity index (χ0n) is 16.3. The number of hydrogen-bond donors (Lipinski definition) is 2. The van der Waals surface area contributed by atoms with Gasteiger partial charge < -0.3 is 5.11 Å². The number of nitrogens with zero attached hydrogens (tertiary/aromatic N) is 3. The van der Waals surface area contributed by atoms with Gasteiger partial charge in [0.15, 0.2) is 0 Å².